The smallest absolute Gasteiger partial charge is 0.375 e. The maximum Gasteiger partial charge on any atom is 0.375 e. The number of benzene rings is 2. The van der Waals surface area contributed by atoms with Gasteiger partial charge in [0.15, 0.2) is 6.10 Å². The number of urea groups is 1. The number of fused-ring (bicyclic) bond motifs is 1. The van der Waals surface area contributed by atoms with Crippen LogP contribution in [-0.4, -0.2) is 31.1 Å². The van der Waals surface area contributed by atoms with Crippen LogP contribution in [0, 0.1) is 0 Å². The Balaban J connectivity index is 1.81. The standard InChI is InChI=1S/C21H20N2O6/c1-13(19(24)23-21(26)22-2)28-20(25)18-16(12-27-14-8-4-3-5-9-14)15-10-6-7-11-17(15)29-18/h3-11,13H,12H2,1-2H3,(H2,22,23,24,26)/t13-/m1/s1. The van der Waals surface area contributed by atoms with Crippen LogP contribution in [0.3, 0.4) is 0 Å². The van der Waals surface area contributed by atoms with Gasteiger partial charge in [0.05, 0.1) is 5.56 Å². The number of imide groups is 1. The summed E-state index contributed by atoms with van der Waals surface area (Å²) in [4.78, 5) is 35.9. The summed E-state index contributed by atoms with van der Waals surface area (Å²) in [6.45, 7) is 1.43. The molecule has 3 amide bonds. The molecule has 8 heteroatoms. The average molecular weight is 396 g/mol. The van der Waals surface area contributed by atoms with Crippen LogP contribution in [0.4, 0.5) is 4.79 Å². The number of carbonyl (C=O) groups is 3. The van der Waals surface area contributed by atoms with E-state index in [1.807, 2.05) is 24.3 Å². The van der Waals surface area contributed by atoms with Crippen molar-refractivity contribution in [3.63, 3.8) is 0 Å². The summed E-state index contributed by atoms with van der Waals surface area (Å²) >= 11 is 0. The summed E-state index contributed by atoms with van der Waals surface area (Å²) in [6.07, 6.45) is -1.20. The number of carbonyl (C=O) groups excluding carboxylic acids is 3. The molecule has 8 nitrogen and oxygen atoms in total. The highest BCUT2D eigenvalue weighted by Gasteiger charge is 2.26. The fourth-order valence-corrected chi connectivity index (χ4v) is 2.62. The number of nitrogens with one attached hydrogen (secondary N) is 2. The Hall–Kier alpha value is -3.81. The fourth-order valence-electron chi connectivity index (χ4n) is 2.62. The lowest BCUT2D eigenvalue weighted by Crippen LogP contribution is -2.43. The molecule has 1 atom stereocenters. The SMILES string of the molecule is CNC(=O)NC(=O)[C@@H](C)OC(=O)c1oc2ccccc2c1COc1ccccc1. The average Bonchev–Trinajstić information content (AvgIpc) is 3.11. The molecule has 0 aliphatic heterocycles. The summed E-state index contributed by atoms with van der Waals surface area (Å²) in [6, 6.07) is 15.6. The van der Waals surface area contributed by atoms with Gasteiger partial charge in [-0.2, -0.15) is 0 Å². The first-order valence-corrected chi connectivity index (χ1v) is 8.91. The van der Waals surface area contributed by atoms with Crippen LogP contribution in [-0.2, 0) is 16.1 Å². The van der Waals surface area contributed by atoms with Crippen LogP contribution in [0.15, 0.2) is 59.0 Å². The highest BCUT2D eigenvalue weighted by molar-refractivity contribution is 6.00. The van der Waals surface area contributed by atoms with Crippen molar-refractivity contribution in [2.24, 2.45) is 0 Å². The van der Waals surface area contributed by atoms with Crippen molar-refractivity contribution in [2.45, 2.75) is 19.6 Å². The molecule has 0 bridgehead atoms. The van der Waals surface area contributed by atoms with Crippen molar-refractivity contribution in [3.05, 3.63) is 65.9 Å². The molecule has 3 rings (SSSR count). The molecule has 0 fully saturated rings. The number of rotatable bonds is 6. The summed E-state index contributed by atoms with van der Waals surface area (Å²) in [5.74, 6) is -1.000. The zero-order valence-electron chi connectivity index (χ0n) is 15.9. The molecule has 0 saturated heterocycles. The van der Waals surface area contributed by atoms with Crippen LogP contribution in [0.25, 0.3) is 11.0 Å². The van der Waals surface area contributed by atoms with Crippen LogP contribution in [0.5, 0.6) is 5.75 Å². The molecule has 0 radical (unpaired) electrons. The predicted molar refractivity (Wildman–Crippen MR) is 104 cm³/mol. The Labute approximate surface area is 166 Å². The van der Waals surface area contributed by atoms with Gasteiger partial charge in [-0.05, 0) is 25.1 Å². The molecule has 0 spiro atoms. The van der Waals surface area contributed by atoms with E-state index in [0.717, 1.165) is 0 Å². The molecule has 1 heterocycles. The number of hydrogen-bond donors (Lipinski definition) is 2. The summed E-state index contributed by atoms with van der Waals surface area (Å²) in [5, 5.41) is 5.01. The molecule has 0 saturated carbocycles. The lowest BCUT2D eigenvalue weighted by atomic mass is 10.1. The minimum atomic E-state index is -1.20. The second-order valence-electron chi connectivity index (χ2n) is 6.12. The second kappa shape index (κ2) is 8.92. The van der Waals surface area contributed by atoms with E-state index in [9.17, 15) is 14.4 Å². The van der Waals surface area contributed by atoms with Crippen LogP contribution >= 0.6 is 0 Å². The van der Waals surface area contributed by atoms with Crippen LogP contribution in [0.2, 0.25) is 0 Å². The van der Waals surface area contributed by atoms with Gasteiger partial charge in [-0.3, -0.25) is 10.1 Å². The molecular formula is C21H20N2O6. The summed E-state index contributed by atoms with van der Waals surface area (Å²) in [7, 11) is 1.37. The number of amides is 3. The normalized spacial score (nSPS) is 11.5. The van der Waals surface area contributed by atoms with Crippen molar-refractivity contribution in [1.82, 2.24) is 10.6 Å². The number of ether oxygens (including phenoxy) is 2. The van der Waals surface area contributed by atoms with Crippen molar-refractivity contribution in [2.75, 3.05) is 7.05 Å². The Morgan fingerprint density at radius 3 is 2.45 bits per heavy atom. The largest absolute Gasteiger partial charge is 0.489 e. The zero-order chi connectivity index (χ0) is 20.8. The molecule has 0 aliphatic rings. The zero-order valence-corrected chi connectivity index (χ0v) is 15.9. The third-order valence-electron chi connectivity index (χ3n) is 4.13. The first-order valence-electron chi connectivity index (χ1n) is 8.91. The van der Waals surface area contributed by atoms with E-state index in [4.69, 9.17) is 13.9 Å². The molecule has 2 N–H and O–H groups in total. The van der Waals surface area contributed by atoms with Gasteiger partial charge < -0.3 is 19.2 Å². The number of para-hydroxylation sites is 2. The van der Waals surface area contributed by atoms with E-state index >= 15 is 0 Å². The molecule has 150 valence electrons. The Kier molecular flexibility index (Phi) is 6.13. The minimum Gasteiger partial charge on any atom is -0.489 e. The van der Waals surface area contributed by atoms with Gasteiger partial charge in [-0.15, -0.1) is 0 Å². The van der Waals surface area contributed by atoms with E-state index in [0.29, 0.717) is 22.3 Å². The highest BCUT2D eigenvalue weighted by Crippen LogP contribution is 2.28. The Morgan fingerprint density at radius 1 is 1.03 bits per heavy atom. The van der Waals surface area contributed by atoms with E-state index < -0.39 is 24.0 Å². The van der Waals surface area contributed by atoms with E-state index in [1.54, 1.807) is 30.3 Å². The lowest BCUT2D eigenvalue weighted by Gasteiger charge is -2.12. The van der Waals surface area contributed by atoms with Gasteiger partial charge in [0.2, 0.25) is 5.76 Å². The maximum absolute atomic E-state index is 12.7. The van der Waals surface area contributed by atoms with Crippen LogP contribution in [0.1, 0.15) is 23.0 Å². The van der Waals surface area contributed by atoms with Crippen molar-refractivity contribution in [3.8, 4) is 5.75 Å². The number of hydrogen-bond acceptors (Lipinski definition) is 6. The quantitative estimate of drug-likeness (QED) is 0.621. The topological polar surface area (TPSA) is 107 Å². The number of esters is 1. The molecule has 29 heavy (non-hydrogen) atoms. The van der Waals surface area contributed by atoms with E-state index in [-0.39, 0.29) is 12.4 Å². The fraction of sp³-hybridized carbons (Fsp3) is 0.190. The third kappa shape index (κ3) is 4.73. The second-order valence-corrected chi connectivity index (χ2v) is 6.12. The maximum atomic E-state index is 12.7. The lowest BCUT2D eigenvalue weighted by molar-refractivity contribution is -0.128. The van der Waals surface area contributed by atoms with Crippen molar-refractivity contribution >= 4 is 28.9 Å². The molecule has 0 unspecified atom stereocenters. The molecule has 0 aliphatic carbocycles. The van der Waals surface area contributed by atoms with Gasteiger partial charge >= 0.3 is 12.0 Å². The first kappa shape index (κ1) is 19.9. The Bertz CT molecular complexity index is 1030. The minimum absolute atomic E-state index is 0.0540. The first-order chi connectivity index (χ1) is 14.0. The number of furan rings is 1. The van der Waals surface area contributed by atoms with Crippen molar-refractivity contribution < 1.29 is 28.3 Å². The predicted octanol–water partition coefficient (Wildman–Crippen LogP) is 3.01. The Morgan fingerprint density at radius 2 is 1.72 bits per heavy atom. The van der Waals surface area contributed by atoms with Gasteiger partial charge in [-0.1, -0.05) is 36.4 Å². The van der Waals surface area contributed by atoms with Gasteiger partial charge in [0.1, 0.15) is 17.9 Å². The molecule has 3 aromatic rings. The molecular weight excluding hydrogens is 376 g/mol. The third-order valence-corrected chi connectivity index (χ3v) is 4.13. The van der Waals surface area contributed by atoms with Gasteiger partial charge in [0, 0.05) is 12.4 Å². The van der Waals surface area contributed by atoms with Crippen molar-refractivity contribution in [1.29, 1.82) is 0 Å². The van der Waals surface area contributed by atoms with Gasteiger partial charge in [0.25, 0.3) is 5.91 Å². The highest BCUT2D eigenvalue weighted by atomic mass is 16.6. The summed E-state index contributed by atoms with van der Waals surface area (Å²) in [5.41, 5.74) is 1.00. The molecule has 1 aromatic heterocycles. The monoisotopic (exact) mass is 396 g/mol. The van der Waals surface area contributed by atoms with E-state index in [2.05, 4.69) is 10.6 Å². The van der Waals surface area contributed by atoms with Crippen LogP contribution < -0.4 is 15.4 Å². The summed E-state index contributed by atoms with van der Waals surface area (Å²) < 4.78 is 16.6. The molecule has 2 aromatic carbocycles. The van der Waals surface area contributed by atoms with Gasteiger partial charge in [-0.25, -0.2) is 9.59 Å². The van der Waals surface area contributed by atoms with E-state index in [1.165, 1.54) is 14.0 Å².